The summed E-state index contributed by atoms with van der Waals surface area (Å²) in [5.74, 6) is -0.433. The third-order valence-corrected chi connectivity index (χ3v) is 4.42. The summed E-state index contributed by atoms with van der Waals surface area (Å²) in [4.78, 5) is 34.6. The zero-order chi connectivity index (χ0) is 17.8. The van der Waals surface area contributed by atoms with Crippen LogP contribution in [0.4, 0.5) is 0 Å². The quantitative estimate of drug-likeness (QED) is 0.618. The number of H-pyrrole nitrogens is 2. The van der Waals surface area contributed by atoms with Gasteiger partial charge in [-0.05, 0) is 25.0 Å². The molecule has 0 bridgehead atoms. The topological polar surface area (TPSA) is 90.6 Å². The molecular formula is C19H22N4O2. The van der Waals surface area contributed by atoms with Crippen LogP contribution in [0.15, 0.2) is 43.0 Å². The van der Waals surface area contributed by atoms with Crippen LogP contribution in [0.25, 0.3) is 10.9 Å². The summed E-state index contributed by atoms with van der Waals surface area (Å²) in [5.41, 5.74) is 2.92. The number of hydrogen-bond donors (Lipinski definition) is 3. The molecule has 25 heavy (non-hydrogen) atoms. The van der Waals surface area contributed by atoms with E-state index in [2.05, 4.69) is 20.3 Å². The number of carbonyl (C=O) groups excluding carboxylic acids is 2. The van der Waals surface area contributed by atoms with Gasteiger partial charge in [0.1, 0.15) is 0 Å². The van der Waals surface area contributed by atoms with Gasteiger partial charge < -0.3 is 15.3 Å². The number of fused-ring (bicyclic) bond motifs is 1. The number of nitrogens with zero attached hydrogens (tertiary/aromatic N) is 1. The van der Waals surface area contributed by atoms with Crippen LogP contribution in [-0.4, -0.2) is 32.7 Å². The fourth-order valence-corrected chi connectivity index (χ4v) is 2.95. The lowest BCUT2D eigenvalue weighted by Gasteiger charge is -2.18. The number of aromatic nitrogens is 3. The molecule has 2 heterocycles. The second kappa shape index (κ2) is 7.34. The summed E-state index contributed by atoms with van der Waals surface area (Å²) in [6.07, 6.45) is 6.25. The fourth-order valence-electron chi connectivity index (χ4n) is 2.95. The highest BCUT2D eigenvalue weighted by atomic mass is 16.2. The number of aromatic amines is 2. The first-order valence-corrected chi connectivity index (χ1v) is 8.38. The Kier molecular flexibility index (Phi) is 4.97. The second-order valence-electron chi connectivity index (χ2n) is 6.40. The Morgan fingerprint density at radius 2 is 2.00 bits per heavy atom. The van der Waals surface area contributed by atoms with Gasteiger partial charge in [0.15, 0.2) is 5.78 Å². The van der Waals surface area contributed by atoms with E-state index < -0.39 is 6.04 Å². The Labute approximate surface area is 146 Å². The molecule has 3 aromatic rings. The van der Waals surface area contributed by atoms with Gasteiger partial charge in [-0.25, -0.2) is 4.98 Å². The molecule has 0 saturated carbocycles. The number of imidazole rings is 1. The molecule has 0 spiro atoms. The summed E-state index contributed by atoms with van der Waals surface area (Å²) in [5, 5.41) is 3.99. The van der Waals surface area contributed by atoms with Gasteiger partial charge in [-0.2, -0.15) is 0 Å². The Morgan fingerprint density at radius 1 is 1.20 bits per heavy atom. The van der Waals surface area contributed by atoms with Crippen LogP contribution in [-0.2, 0) is 22.4 Å². The van der Waals surface area contributed by atoms with Gasteiger partial charge in [-0.15, -0.1) is 0 Å². The first-order chi connectivity index (χ1) is 12.0. The molecule has 0 fully saturated rings. The van der Waals surface area contributed by atoms with Gasteiger partial charge in [0.05, 0.1) is 18.1 Å². The Bertz CT molecular complexity index is 867. The molecule has 3 N–H and O–H groups in total. The molecule has 6 nitrogen and oxygen atoms in total. The predicted octanol–water partition coefficient (Wildman–Crippen LogP) is 2.39. The zero-order valence-electron chi connectivity index (χ0n) is 14.4. The van der Waals surface area contributed by atoms with Crippen molar-refractivity contribution in [3.63, 3.8) is 0 Å². The van der Waals surface area contributed by atoms with E-state index >= 15 is 0 Å². The minimum absolute atomic E-state index is 0.0735. The first-order valence-electron chi connectivity index (χ1n) is 8.38. The fraction of sp³-hybridized carbons (Fsp3) is 0.316. The molecule has 3 rings (SSSR count). The lowest BCUT2D eigenvalue weighted by atomic mass is 9.98. The van der Waals surface area contributed by atoms with Crippen LogP contribution in [0, 0.1) is 5.92 Å². The number of ketones is 1. The van der Waals surface area contributed by atoms with Crippen molar-refractivity contribution in [2.75, 3.05) is 0 Å². The molecule has 0 aliphatic heterocycles. The van der Waals surface area contributed by atoms with E-state index in [9.17, 15) is 9.59 Å². The Morgan fingerprint density at radius 3 is 2.72 bits per heavy atom. The molecule has 0 aliphatic rings. The largest absolute Gasteiger partial charge is 0.361 e. The SMILES string of the molecule is CC(=O)C(Cc1c[nH]cn1)NC(=O)C(C)Cc1c[nH]c2ccccc12. The van der Waals surface area contributed by atoms with Crippen molar-refractivity contribution in [3.05, 3.63) is 54.2 Å². The van der Waals surface area contributed by atoms with E-state index in [0.717, 1.165) is 22.2 Å². The molecule has 2 unspecified atom stereocenters. The third-order valence-electron chi connectivity index (χ3n) is 4.42. The van der Waals surface area contributed by atoms with Crippen molar-refractivity contribution in [2.45, 2.75) is 32.7 Å². The number of benzene rings is 1. The summed E-state index contributed by atoms with van der Waals surface area (Å²) < 4.78 is 0. The first kappa shape index (κ1) is 17.0. The maximum absolute atomic E-state index is 12.5. The van der Waals surface area contributed by atoms with Crippen LogP contribution < -0.4 is 5.32 Å². The number of para-hydroxylation sites is 1. The zero-order valence-corrected chi connectivity index (χ0v) is 14.4. The Hall–Kier alpha value is -2.89. The van der Waals surface area contributed by atoms with Crippen LogP contribution in [0.2, 0.25) is 0 Å². The smallest absolute Gasteiger partial charge is 0.223 e. The summed E-state index contributed by atoms with van der Waals surface area (Å²) in [6, 6.07) is 7.47. The van der Waals surface area contributed by atoms with E-state index in [1.165, 1.54) is 6.92 Å². The monoisotopic (exact) mass is 338 g/mol. The van der Waals surface area contributed by atoms with Gasteiger partial charge in [0.25, 0.3) is 0 Å². The van der Waals surface area contributed by atoms with Crippen LogP contribution in [0.1, 0.15) is 25.1 Å². The molecule has 130 valence electrons. The molecule has 0 saturated heterocycles. The van der Waals surface area contributed by atoms with E-state index in [4.69, 9.17) is 0 Å². The number of nitrogens with one attached hydrogen (secondary N) is 3. The highest BCUT2D eigenvalue weighted by Crippen LogP contribution is 2.20. The minimum Gasteiger partial charge on any atom is -0.361 e. The molecule has 2 atom stereocenters. The van der Waals surface area contributed by atoms with E-state index in [1.54, 1.807) is 12.5 Å². The van der Waals surface area contributed by atoms with Gasteiger partial charge >= 0.3 is 0 Å². The van der Waals surface area contributed by atoms with Crippen molar-refractivity contribution in [1.82, 2.24) is 20.3 Å². The van der Waals surface area contributed by atoms with Crippen molar-refractivity contribution in [2.24, 2.45) is 5.92 Å². The average molecular weight is 338 g/mol. The van der Waals surface area contributed by atoms with E-state index in [-0.39, 0.29) is 17.6 Å². The normalized spacial score (nSPS) is 13.5. The van der Waals surface area contributed by atoms with Crippen LogP contribution >= 0.6 is 0 Å². The van der Waals surface area contributed by atoms with Crippen molar-refractivity contribution < 1.29 is 9.59 Å². The lowest BCUT2D eigenvalue weighted by Crippen LogP contribution is -2.44. The van der Waals surface area contributed by atoms with Gasteiger partial charge in [-0.1, -0.05) is 25.1 Å². The number of amides is 1. The average Bonchev–Trinajstić information content (AvgIpc) is 3.24. The van der Waals surface area contributed by atoms with Gasteiger partial charge in [-0.3, -0.25) is 9.59 Å². The van der Waals surface area contributed by atoms with E-state index in [1.807, 2.05) is 37.4 Å². The Balaban J connectivity index is 1.65. The number of hydrogen-bond acceptors (Lipinski definition) is 3. The third kappa shape index (κ3) is 3.96. The highest BCUT2D eigenvalue weighted by Gasteiger charge is 2.22. The summed E-state index contributed by atoms with van der Waals surface area (Å²) >= 11 is 0. The molecule has 0 radical (unpaired) electrons. The molecule has 1 aromatic carbocycles. The highest BCUT2D eigenvalue weighted by molar-refractivity contribution is 5.89. The summed E-state index contributed by atoms with van der Waals surface area (Å²) in [6.45, 7) is 3.37. The molecule has 6 heteroatoms. The molecule has 0 aliphatic carbocycles. The van der Waals surface area contributed by atoms with Crippen LogP contribution in [0.5, 0.6) is 0 Å². The molecule has 2 aromatic heterocycles. The number of rotatable bonds is 7. The number of Topliss-reactive ketones (excluding diaryl/α,β-unsaturated/α-hetero) is 1. The molecule has 1 amide bonds. The predicted molar refractivity (Wildman–Crippen MR) is 96.1 cm³/mol. The lowest BCUT2D eigenvalue weighted by molar-refractivity contribution is -0.129. The molecular weight excluding hydrogens is 316 g/mol. The second-order valence-corrected chi connectivity index (χ2v) is 6.40. The van der Waals surface area contributed by atoms with Crippen molar-refractivity contribution in [1.29, 1.82) is 0 Å². The standard InChI is InChI=1S/C19H22N4O2/c1-12(7-14-9-21-17-6-4-3-5-16(14)17)19(25)23-18(13(2)24)8-15-10-20-11-22-15/h3-6,9-12,18,21H,7-8H2,1-2H3,(H,20,22)(H,23,25). The van der Waals surface area contributed by atoms with Crippen molar-refractivity contribution >= 4 is 22.6 Å². The maximum Gasteiger partial charge on any atom is 0.223 e. The van der Waals surface area contributed by atoms with Gasteiger partial charge in [0.2, 0.25) is 5.91 Å². The van der Waals surface area contributed by atoms with E-state index in [0.29, 0.717) is 12.8 Å². The summed E-state index contributed by atoms with van der Waals surface area (Å²) in [7, 11) is 0. The van der Waals surface area contributed by atoms with Crippen molar-refractivity contribution in [3.8, 4) is 0 Å². The maximum atomic E-state index is 12.5. The van der Waals surface area contributed by atoms with Crippen LogP contribution in [0.3, 0.4) is 0 Å². The van der Waals surface area contributed by atoms with Gasteiger partial charge in [0, 0.05) is 35.6 Å². The minimum atomic E-state index is -0.554. The number of carbonyl (C=O) groups is 2.